The van der Waals surface area contributed by atoms with Gasteiger partial charge >= 0.3 is 14.1 Å². The summed E-state index contributed by atoms with van der Waals surface area (Å²) in [6, 6.07) is 9.53. The summed E-state index contributed by atoms with van der Waals surface area (Å²) in [4.78, 5) is 24.3. The Kier molecular flexibility index (Phi) is 15.0. The Hall–Kier alpha value is -1.00. The summed E-state index contributed by atoms with van der Waals surface area (Å²) in [5.74, 6) is -0.333. The van der Waals surface area contributed by atoms with Gasteiger partial charge in [0.05, 0.1) is 5.92 Å². The van der Waals surface area contributed by atoms with Crippen LogP contribution in [0.15, 0.2) is 30.3 Å². The lowest BCUT2D eigenvalue weighted by molar-refractivity contribution is -0.139. The van der Waals surface area contributed by atoms with Gasteiger partial charge in [0.25, 0.3) is 0 Å². The van der Waals surface area contributed by atoms with Gasteiger partial charge in [-0.05, 0) is 36.7 Å². The van der Waals surface area contributed by atoms with E-state index < -0.39 is 20.1 Å². The second-order valence-corrected chi connectivity index (χ2v) is 10.3. The third-order valence-electron chi connectivity index (χ3n) is 6.13. The summed E-state index contributed by atoms with van der Waals surface area (Å²) in [6.07, 6.45) is 8.98. The minimum atomic E-state index is -3.76. The summed E-state index contributed by atoms with van der Waals surface area (Å²) in [7, 11) is -3.76. The van der Waals surface area contributed by atoms with E-state index in [-0.39, 0.29) is 0 Å². The first kappa shape index (κ1) is 29.0. The molecule has 1 aromatic carbocycles. The summed E-state index contributed by atoms with van der Waals surface area (Å²) in [5.41, 5.74) is 0.871. The molecule has 0 aliphatic carbocycles. The molecule has 0 saturated carbocycles. The van der Waals surface area contributed by atoms with Gasteiger partial charge in [-0.15, -0.1) is 9.05 Å². The van der Waals surface area contributed by atoms with Crippen LogP contribution in [0, 0.1) is 11.8 Å². The topological polar surface area (TPSA) is 65.0 Å². The monoisotopic (exact) mass is 469 g/mol. The van der Waals surface area contributed by atoms with Crippen LogP contribution < -0.4 is 0 Å². The molecule has 0 fully saturated rings. The van der Waals surface area contributed by atoms with Gasteiger partial charge in [0.15, 0.2) is 0 Å². The second kappa shape index (κ2) is 16.6. The van der Waals surface area contributed by atoms with Crippen LogP contribution in [0.2, 0.25) is 0 Å². The number of rotatable bonds is 18. The first-order valence-corrected chi connectivity index (χ1v) is 14.1. The van der Waals surface area contributed by atoms with Gasteiger partial charge < -0.3 is 0 Å². The number of carbonyl (C=O) groups is 1. The Morgan fingerprint density at radius 3 is 1.75 bits per heavy atom. The van der Waals surface area contributed by atoms with Crippen LogP contribution in [-0.4, -0.2) is 24.1 Å². The molecule has 0 saturated heterocycles. The van der Waals surface area contributed by atoms with Crippen molar-refractivity contribution in [3.05, 3.63) is 35.9 Å². The summed E-state index contributed by atoms with van der Waals surface area (Å²) < 4.78 is 17.4. The number of carbonyl (C=O) groups excluding carboxylic acids is 1. The average molecular weight is 470 g/mol. The fourth-order valence-electron chi connectivity index (χ4n) is 3.69. The van der Waals surface area contributed by atoms with Gasteiger partial charge in [0, 0.05) is 0 Å². The molecule has 0 amide bonds. The van der Waals surface area contributed by atoms with Crippen LogP contribution >= 0.6 is 8.17 Å². The highest BCUT2D eigenvalue weighted by atomic mass is 31.2. The molecule has 0 aliphatic rings. The number of hydrogen-bond acceptors (Lipinski definition) is 5. The van der Waals surface area contributed by atoms with E-state index in [1.165, 1.54) is 0 Å². The molecule has 0 aliphatic heterocycles. The molecule has 1 N–H and O–H groups in total. The van der Waals surface area contributed by atoms with Gasteiger partial charge in [-0.2, -0.15) is 4.89 Å². The zero-order valence-corrected chi connectivity index (χ0v) is 21.8. The zero-order valence-electron chi connectivity index (χ0n) is 20.9. The van der Waals surface area contributed by atoms with Crippen molar-refractivity contribution in [3.63, 3.8) is 0 Å². The molecule has 3 unspecified atom stereocenters. The van der Waals surface area contributed by atoms with Gasteiger partial charge in [0.1, 0.15) is 13.2 Å². The normalized spacial score (nSPS) is 16.2. The van der Waals surface area contributed by atoms with Crippen LogP contribution in [0.25, 0.3) is 0 Å². The summed E-state index contributed by atoms with van der Waals surface area (Å²) in [6.45, 7) is 11.2. The van der Waals surface area contributed by atoms with E-state index in [0.29, 0.717) is 31.5 Å². The largest absolute Gasteiger partial charge is 0.622 e. The maximum absolute atomic E-state index is 13.0. The van der Waals surface area contributed by atoms with Crippen molar-refractivity contribution >= 4 is 14.1 Å². The maximum Gasteiger partial charge on any atom is 0.622 e. The zero-order chi connectivity index (χ0) is 23.8. The molecular formula is C26H46O5P+. The van der Waals surface area contributed by atoms with Crippen molar-refractivity contribution in [2.45, 2.75) is 98.3 Å². The smallest absolute Gasteiger partial charge is 0.246 e. The van der Waals surface area contributed by atoms with Gasteiger partial charge in [0.2, 0.25) is 0 Å². The van der Waals surface area contributed by atoms with E-state index >= 15 is 0 Å². The van der Waals surface area contributed by atoms with Crippen molar-refractivity contribution in [1.29, 1.82) is 0 Å². The Labute approximate surface area is 196 Å². The van der Waals surface area contributed by atoms with Crippen molar-refractivity contribution < 1.29 is 23.3 Å². The number of hydrogen-bond donors (Lipinski definition) is 1. The molecule has 5 nitrogen and oxygen atoms in total. The van der Waals surface area contributed by atoms with Crippen molar-refractivity contribution in [1.82, 2.24) is 0 Å². The lowest BCUT2D eigenvalue weighted by Crippen LogP contribution is -2.21. The SMILES string of the molecule is CCCCC(CC)CO[P+](O)(OCC(CC)CCCC)OC(=O)C(CC)c1ccccc1. The minimum Gasteiger partial charge on any atom is -0.246 e. The van der Waals surface area contributed by atoms with Gasteiger partial charge in [-0.1, -0.05) is 103 Å². The molecular weight excluding hydrogens is 423 g/mol. The van der Waals surface area contributed by atoms with E-state index in [2.05, 4.69) is 27.7 Å². The molecule has 184 valence electrons. The molecule has 0 aromatic heterocycles. The predicted molar refractivity (Wildman–Crippen MR) is 133 cm³/mol. The van der Waals surface area contributed by atoms with Crippen LogP contribution in [0.4, 0.5) is 0 Å². The molecule has 3 atom stereocenters. The highest BCUT2D eigenvalue weighted by Crippen LogP contribution is 2.59. The van der Waals surface area contributed by atoms with Crippen LogP contribution in [0.1, 0.15) is 104 Å². The summed E-state index contributed by atoms with van der Waals surface area (Å²) >= 11 is 0. The van der Waals surface area contributed by atoms with E-state index in [4.69, 9.17) is 13.6 Å². The van der Waals surface area contributed by atoms with Gasteiger partial charge in [-0.25, -0.2) is 9.32 Å². The number of unbranched alkanes of at least 4 members (excludes halogenated alkanes) is 2. The lowest BCUT2D eigenvalue weighted by atomic mass is 9.97. The molecule has 1 rings (SSSR count). The van der Waals surface area contributed by atoms with Crippen molar-refractivity contribution in [3.8, 4) is 0 Å². The van der Waals surface area contributed by atoms with Crippen molar-refractivity contribution in [2.75, 3.05) is 13.2 Å². The third-order valence-corrected chi connectivity index (χ3v) is 7.49. The van der Waals surface area contributed by atoms with Crippen LogP contribution in [-0.2, 0) is 18.4 Å². The molecule has 0 heterocycles. The summed E-state index contributed by atoms with van der Waals surface area (Å²) in [5, 5.41) is 0. The third kappa shape index (κ3) is 10.7. The van der Waals surface area contributed by atoms with E-state index in [0.717, 1.165) is 56.9 Å². The van der Waals surface area contributed by atoms with Crippen LogP contribution in [0.3, 0.4) is 0 Å². The quantitative estimate of drug-likeness (QED) is 0.222. The fourth-order valence-corrected chi connectivity index (χ4v) is 5.02. The Morgan fingerprint density at radius 2 is 1.34 bits per heavy atom. The van der Waals surface area contributed by atoms with E-state index in [9.17, 15) is 9.69 Å². The first-order valence-electron chi connectivity index (χ1n) is 12.6. The highest BCUT2D eigenvalue weighted by molar-refractivity contribution is 7.56. The van der Waals surface area contributed by atoms with Gasteiger partial charge in [-0.3, -0.25) is 0 Å². The minimum absolute atomic E-state index is 0.307. The van der Waals surface area contributed by atoms with Crippen molar-refractivity contribution in [2.24, 2.45) is 11.8 Å². The predicted octanol–water partition coefficient (Wildman–Crippen LogP) is 7.86. The molecule has 0 spiro atoms. The average Bonchev–Trinajstić information content (AvgIpc) is 2.80. The Balaban J connectivity index is 2.91. The maximum atomic E-state index is 13.0. The Bertz CT molecular complexity index is 589. The molecule has 32 heavy (non-hydrogen) atoms. The van der Waals surface area contributed by atoms with E-state index in [1.807, 2.05) is 37.3 Å². The standard InChI is InChI=1S/C26H46O5P/c1-6-11-16-22(8-3)20-29-32(28,30-21-23(9-4)17-12-7-2)31-26(27)25(10-5)24-18-14-13-15-19-24/h13-15,18-19,22-23,25,28H,6-12,16-17,20-21H2,1-5H3/q+1. The van der Waals surface area contributed by atoms with E-state index in [1.54, 1.807) is 0 Å². The lowest BCUT2D eigenvalue weighted by Gasteiger charge is -2.21. The second-order valence-electron chi connectivity index (χ2n) is 8.67. The molecule has 0 radical (unpaired) electrons. The number of benzene rings is 1. The Morgan fingerprint density at radius 1 is 0.844 bits per heavy atom. The highest BCUT2D eigenvalue weighted by Gasteiger charge is 2.50. The molecule has 0 bridgehead atoms. The molecule has 6 heteroatoms. The first-order chi connectivity index (χ1) is 15.4. The van der Waals surface area contributed by atoms with Crippen LogP contribution in [0.5, 0.6) is 0 Å². The fraction of sp³-hybridized carbons (Fsp3) is 0.731. The molecule has 1 aromatic rings.